The molecule has 1 aromatic rings. The molecule has 2 atom stereocenters. The Morgan fingerprint density at radius 2 is 2.18 bits per heavy atom. The smallest absolute Gasteiger partial charge is 0.163 e. The molecule has 17 heavy (non-hydrogen) atoms. The zero-order valence-corrected chi connectivity index (χ0v) is 11.3. The highest BCUT2D eigenvalue weighted by Gasteiger charge is 2.60. The standard InChI is InChI=1S/C13H10Cl2OS/c14-8-1-2-9(11(15)5-8)10-6-13(10)7-17-4-3-12(13)16/h1-5,10H,6-7H2/t10-,13-/m1/s1. The van der Waals surface area contributed by atoms with Crippen LogP contribution in [0.3, 0.4) is 0 Å². The van der Waals surface area contributed by atoms with Crippen molar-refractivity contribution >= 4 is 40.7 Å². The Kier molecular flexibility index (Phi) is 2.77. The van der Waals surface area contributed by atoms with E-state index >= 15 is 0 Å². The van der Waals surface area contributed by atoms with Crippen molar-refractivity contribution in [3.63, 3.8) is 0 Å². The molecule has 0 amide bonds. The number of benzene rings is 1. The maximum atomic E-state index is 12.0. The van der Waals surface area contributed by atoms with Gasteiger partial charge in [-0.2, -0.15) is 0 Å². The lowest BCUT2D eigenvalue weighted by Gasteiger charge is -2.17. The monoisotopic (exact) mass is 284 g/mol. The topological polar surface area (TPSA) is 17.1 Å². The fourth-order valence-corrected chi connectivity index (χ4v) is 4.09. The summed E-state index contributed by atoms with van der Waals surface area (Å²) in [6.07, 6.45) is 2.60. The van der Waals surface area contributed by atoms with Crippen molar-refractivity contribution in [3.05, 3.63) is 45.3 Å². The second-order valence-electron chi connectivity index (χ2n) is 4.56. The minimum Gasteiger partial charge on any atom is -0.294 e. The van der Waals surface area contributed by atoms with Crippen molar-refractivity contribution in [2.45, 2.75) is 12.3 Å². The normalized spacial score (nSPS) is 30.9. The molecule has 1 spiro atoms. The third-order valence-electron chi connectivity index (χ3n) is 3.56. The first-order valence-corrected chi connectivity index (χ1v) is 7.21. The van der Waals surface area contributed by atoms with E-state index in [0.29, 0.717) is 10.0 Å². The molecule has 1 aromatic carbocycles. The van der Waals surface area contributed by atoms with Gasteiger partial charge < -0.3 is 0 Å². The van der Waals surface area contributed by atoms with Gasteiger partial charge in [-0.15, -0.1) is 11.8 Å². The molecule has 1 saturated carbocycles. The van der Waals surface area contributed by atoms with Crippen LogP contribution in [0.25, 0.3) is 0 Å². The van der Waals surface area contributed by atoms with Crippen LogP contribution >= 0.6 is 35.0 Å². The maximum absolute atomic E-state index is 12.0. The third-order valence-corrected chi connectivity index (χ3v) is 5.13. The van der Waals surface area contributed by atoms with Crippen LogP contribution in [0.1, 0.15) is 17.9 Å². The Labute approximate surface area is 114 Å². The minimum absolute atomic E-state index is 0.198. The zero-order valence-electron chi connectivity index (χ0n) is 8.95. The maximum Gasteiger partial charge on any atom is 0.163 e. The first-order valence-electron chi connectivity index (χ1n) is 5.41. The summed E-state index contributed by atoms with van der Waals surface area (Å²) < 4.78 is 0. The van der Waals surface area contributed by atoms with Crippen molar-refractivity contribution in [2.24, 2.45) is 5.41 Å². The largest absolute Gasteiger partial charge is 0.294 e. The zero-order chi connectivity index (χ0) is 12.0. The molecule has 88 valence electrons. The van der Waals surface area contributed by atoms with Gasteiger partial charge in [-0.1, -0.05) is 29.3 Å². The molecule has 0 unspecified atom stereocenters. The molecule has 2 aliphatic rings. The summed E-state index contributed by atoms with van der Waals surface area (Å²) in [5.41, 5.74) is 0.858. The summed E-state index contributed by atoms with van der Waals surface area (Å²) >= 11 is 13.8. The van der Waals surface area contributed by atoms with Gasteiger partial charge >= 0.3 is 0 Å². The lowest BCUT2D eigenvalue weighted by atomic mass is 9.96. The molecular formula is C13H10Cl2OS. The fourth-order valence-electron chi connectivity index (χ4n) is 2.47. The second kappa shape index (κ2) is 4.04. The number of carbonyl (C=O) groups excluding carboxylic acids is 1. The van der Waals surface area contributed by atoms with Gasteiger partial charge in [0.1, 0.15) is 0 Å². The summed E-state index contributed by atoms with van der Waals surface area (Å²) in [6, 6.07) is 5.53. The predicted octanol–water partition coefficient (Wildman–Crippen LogP) is 4.30. The lowest BCUT2D eigenvalue weighted by molar-refractivity contribution is -0.118. The Balaban J connectivity index is 1.93. The third kappa shape index (κ3) is 1.83. The van der Waals surface area contributed by atoms with E-state index in [1.165, 1.54) is 0 Å². The number of thioether (sulfide) groups is 1. The van der Waals surface area contributed by atoms with Gasteiger partial charge in [0.05, 0.1) is 0 Å². The van der Waals surface area contributed by atoms with Crippen LogP contribution in [0.2, 0.25) is 10.0 Å². The molecule has 1 fully saturated rings. The molecule has 1 aliphatic heterocycles. The van der Waals surface area contributed by atoms with E-state index in [1.807, 2.05) is 17.5 Å². The van der Waals surface area contributed by atoms with Gasteiger partial charge in [0.2, 0.25) is 0 Å². The molecule has 0 saturated heterocycles. The van der Waals surface area contributed by atoms with Crippen LogP contribution in [-0.2, 0) is 4.79 Å². The fraction of sp³-hybridized carbons (Fsp3) is 0.308. The van der Waals surface area contributed by atoms with E-state index in [4.69, 9.17) is 23.2 Å². The molecule has 0 radical (unpaired) electrons. The summed E-state index contributed by atoms with van der Waals surface area (Å²) in [5.74, 6) is 1.37. The van der Waals surface area contributed by atoms with Crippen LogP contribution in [0.4, 0.5) is 0 Å². The van der Waals surface area contributed by atoms with E-state index < -0.39 is 0 Å². The molecule has 4 heteroatoms. The average molecular weight is 285 g/mol. The molecule has 0 N–H and O–H groups in total. The number of ketones is 1. The van der Waals surface area contributed by atoms with E-state index in [9.17, 15) is 4.79 Å². The number of hydrogen-bond acceptors (Lipinski definition) is 2. The van der Waals surface area contributed by atoms with Crippen molar-refractivity contribution in [3.8, 4) is 0 Å². The summed E-state index contributed by atoms with van der Waals surface area (Å²) in [7, 11) is 0. The van der Waals surface area contributed by atoms with Gasteiger partial charge in [0, 0.05) is 27.1 Å². The van der Waals surface area contributed by atoms with E-state index in [0.717, 1.165) is 17.7 Å². The van der Waals surface area contributed by atoms with Crippen molar-refractivity contribution in [2.75, 3.05) is 5.75 Å². The lowest BCUT2D eigenvalue weighted by Crippen LogP contribution is -2.20. The van der Waals surface area contributed by atoms with Crippen molar-refractivity contribution in [1.82, 2.24) is 0 Å². The Morgan fingerprint density at radius 1 is 1.35 bits per heavy atom. The van der Waals surface area contributed by atoms with Gasteiger partial charge in [0.15, 0.2) is 5.78 Å². The number of allylic oxidation sites excluding steroid dienone is 1. The number of halogens is 2. The highest BCUT2D eigenvalue weighted by Crippen LogP contribution is 2.63. The highest BCUT2D eigenvalue weighted by molar-refractivity contribution is 8.02. The van der Waals surface area contributed by atoms with Gasteiger partial charge in [-0.3, -0.25) is 4.79 Å². The summed E-state index contributed by atoms with van der Waals surface area (Å²) in [4.78, 5) is 12.0. The first kappa shape index (κ1) is 11.6. The van der Waals surface area contributed by atoms with Crippen LogP contribution in [-0.4, -0.2) is 11.5 Å². The first-order chi connectivity index (χ1) is 8.13. The number of carbonyl (C=O) groups is 1. The second-order valence-corrected chi connectivity index (χ2v) is 6.29. The Bertz CT molecular complexity index is 526. The van der Waals surface area contributed by atoms with E-state index in [2.05, 4.69) is 0 Å². The van der Waals surface area contributed by atoms with Crippen LogP contribution in [0.5, 0.6) is 0 Å². The SMILES string of the molecule is O=C1C=CSC[C@@]12C[C@@H]2c1ccc(Cl)cc1Cl. The number of hydrogen-bond donors (Lipinski definition) is 0. The van der Waals surface area contributed by atoms with Crippen LogP contribution < -0.4 is 0 Å². The highest BCUT2D eigenvalue weighted by atomic mass is 35.5. The van der Waals surface area contributed by atoms with Gasteiger partial charge in [-0.05, 0) is 35.6 Å². The van der Waals surface area contributed by atoms with Crippen LogP contribution in [0, 0.1) is 5.41 Å². The predicted molar refractivity (Wildman–Crippen MR) is 72.9 cm³/mol. The molecular weight excluding hydrogens is 275 g/mol. The molecule has 1 aliphatic carbocycles. The Hall–Kier alpha value is -0.440. The summed E-state index contributed by atoms with van der Waals surface area (Å²) in [6.45, 7) is 0. The summed E-state index contributed by atoms with van der Waals surface area (Å²) in [5, 5.41) is 3.19. The quantitative estimate of drug-likeness (QED) is 0.765. The number of rotatable bonds is 1. The molecule has 3 rings (SSSR count). The molecule has 1 nitrogen and oxygen atoms in total. The van der Waals surface area contributed by atoms with Crippen molar-refractivity contribution < 1.29 is 4.79 Å². The van der Waals surface area contributed by atoms with Gasteiger partial charge in [-0.25, -0.2) is 0 Å². The molecule has 0 bridgehead atoms. The van der Waals surface area contributed by atoms with Gasteiger partial charge in [0.25, 0.3) is 0 Å². The minimum atomic E-state index is -0.198. The van der Waals surface area contributed by atoms with E-state index in [1.54, 1.807) is 23.9 Å². The Morgan fingerprint density at radius 3 is 2.88 bits per heavy atom. The van der Waals surface area contributed by atoms with Crippen molar-refractivity contribution in [1.29, 1.82) is 0 Å². The van der Waals surface area contributed by atoms with E-state index in [-0.39, 0.29) is 17.1 Å². The average Bonchev–Trinajstić information content (AvgIpc) is 2.98. The molecule has 1 heterocycles. The molecule has 0 aromatic heterocycles. The van der Waals surface area contributed by atoms with Crippen LogP contribution in [0.15, 0.2) is 29.7 Å².